The average Bonchev–Trinajstić information content (AvgIpc) is 3.55. The van der Waals surface area contributed by atoms with Crippen LogP contribution in [0.2, 0.25) is 0 Å². The van der Waals surface area contributed by atoms with Crippen molar-refractivity contribution in [2.24, 2.45) is 0 Å². The quantitative estimate of drug-likeness (QED) is 0.642. The lowest BCUT2D eigenvalue weighted by molar-refractivity contribution is -0.124. The van der Waals surface area contributed by atoms with Gasteiger partial charge in [-0.1, -0.05) is 18.7 Å². The molecule has 2 aliphatic rings. The summed E-state index contributed by atoms with van der Waals surface area (Å²) in [6, 6.07) is 9.12. The van der Waals surface area contributed by atoms with Gasteiger partial charge in [-0.15, -0.1) is 10.2 Å². The summed E-state index contributed by atoms with van der Waals surface area (Å²) in [5, 5.41) is 19.4. The number of phenols is 1. The first-order chi connectivity index (χ1) is 14.7. The first-order valence-corrected chi connectivity index (χ1v) is 10.3. The number of aromatic hydroxyl groups is 1. The zero-order valence-corrected chi connectivity index (χ0v) is 16.9. The number of aromatic amines is 1. The van der Waals surface area contributed by atoms with Gasteiger partial charge in [-0.3, -0.25) is 4.79 Å². The lowest BCUT2D eigenvalue weighted by Crippen LogP contribution is -2.25. The van der Waals surface area contributed by atoms with E-state index in [2.05, 4.69) is 21.8 Å². The summed E-state index contributed by atoms with van der Waals surface area (Å²) in [5.74, 6) is 0.285. The number of aromatic nitrogens is 3. The molecule has 2 saturated heterocycles. The molecular formula is C23H26N4O3. The summed E-state index contributed by atoms with van der Waals surface area (Å²) in [5.41, 5.74) is 3.22. The maximum absolute atomic E-state index is 10.8. The van der Waals surface area contributed by atoms with Gasteiger partial charge in [0, 0.05) is 42.4 Å². The van der Waals surface area contributed by atoms with Gasteiger partial charge >= 0.3 is 0 Å². The van der Waals surface area contributed by atoms with Crippen LogP contribution < -0.4 is 0 Å². The third-order valence-electron chi connectivity index (χ3n) is 5.52. The first-order valence-electron chi connectivity index (χ1n) is 10.3. The van der Waals surface area contributed by atoms with Crippen molar-refractivity contribution in [3.05, 3.63) is 54.7 Å². The number of likely N-dealkylation sites (tertiary alicyclic amines) is 1. The SMILES string of the molecule is C=CC(=O)N1CCCC1.Oc1ccccc1-c1cc2c(C3CCCO3)c[nH]c2nn1. The molecule has 7 nitrogen and oxygen atoms in total. The fourth-order valence-electron chi connectivity index (χ4n) is 3.92. The van der Waals surface area contributed by atoms with Crippen molar-refractivity contribution in [3.63, 3.8) is 0 Å². The number of nitrogens with one attached hydrogen (secondary N) is 1. The topological polar surface area (TPSA) is 91.3 Å². The van der Waals surface area contributed by atoms with E-state index in [0.29, 0.717) is 11.3 Å². The number of hydrogen-bond donors (Lipinski definition) is 2. The summed E-state index contributed by atoms with van der Waals surface area (Å²) in [6.07, 6.45) is 7.87. The van der Waals surface area contributed by atoms with Gasteiger partial charge in [0.1, 0.15) is 5.75 Å². The number of nitrogens with zero attached hydrogens (tertiary/aromatic N) is 3. The minimum Gasteiger partial charge on any atom is -0.507 e. The molecule has 7 heteroatoms. The van der Waals surface area contributed by atoms with Crippen LogP contribution in [0.3, 0.4) is 0 Å². The number of hydrogen-bond acceptors (Lipinski definition) is 5. The summed E-state index contributed by atoms with van der Waals surface area (Å²) >= 11 is 0. The average molecular weight is 406 g/mol. The Bertz CT molecular complexity index is 1030. The number of fused-ring (bicyclic) bond motifs is 1. The molecule has 156 valence electrons. The minimum atomic E-state index is 0.0764. The van der Waals surface area contributed by atoms with Crippen molar-refractivity contribution in [2.75, 3.05) is 19.7 Å². The van der Waals surface area contributed by atoms with Crippen LogP contribution in [0.4, 0.5) is 0 Å². The van der Waals surface area contributed by atoms with Crippen LogP contribution in [0.5, 0.6) is 5.75 Å². The van der Waals surface area contributed by atoms with E-state index in [1.165, 1.54) is 6.08 Å². The Morgan fingerprint density at radius 1 is 1.23 bits per heavy atom. The minimum absolute atomic E-state index is 0.0764. The van der Waals surface area contributed by atoms with Crippen LogP contribution >= 0.6 is 0 Å². The molecule has 2 N–H and O–H groups in total. The van der Waals surface area contributed by atoms with Gasteiger partial charge in [0.15, 0.2) is 5.65 Å². The Labute approximate surface area is 175 Å². The van der Waals surface area contributed by atoms with Crippen LogP contribution in [0.15, 0.2) is 49.2 Å². The van der Waals surface area contributed by atoms with E-state index in [4.69, 9.17) is 4.74 Å². The molecule has 2 aromatic heterocycles. The van der Waals surface area contributed by atoms with Crippen molar-refractivity contribution in [3.8, 4) is 17.0 Å². The molecule has 0 saturated carbocycles. The Hall–Kier alpha value is -3.19. The molecule has 2 aliphatic heterocycles. The van der Waals surface area contributed by atoms with Gasteiger partial charge in [0.25, 0.3) is 0 Å². The Kier molecular flexibility index (Phi) is 6.09. The van der Waals surface area contributed by atoms with Gasteiger partial charge in [-0.25, -0.2) is 0 Å². The van der Waals surface area contributed by atoms with Crippen LogP contribution in [0.1, 0.15) is 37.4 Å². The maximum Gasteiger partial charge on any atom is 0.245 e. The highest BCUT2D eigenvalue weighted by Crippen LogP contribution is 2.35. The van der Waals surface area contributed by atoms with E-state index in [9.17, 15) is 9.90 Å². The van der Waals surface area contributed by atoms with Crippen molar-refractivity contribution < 1.29 is 14.6 Å². The fourth-order valence-corrected chi connectivity index (χ4v) is 3.92. The lowest BCUT2D eigenvalue weighted by Gasteiger charge is -2.10. The molecule has 1 amide bonds. The molecule has 1 unspecified atom stereocenters. The summed E-state index contributed by atoms with van der Waals surface area (Å²) in [7, 11) is 0. The molecule has 3 aromatic rings. The molecule has 30 heavy (non-hydrogen) atoms. The van der Waals surface area contributed by atoms with Gasteiger partial charge in [0.2, 0.25) is 5.91 Å². The van der Waals surface area contributed by atoms with Crippen LogP contribution in [-0.2, 0) is 9.53 Å². The Balaban J connectivity index is 0.000000204. The largest absolute Gasteiger partial charge is 0.507 e. The maximum atomic E-state index is 10.8. The third kappa shape index (κ3) is 4.21. The van der Waals surface area contributed by atoms with Crippen molar-refractivity contribution in [1.29, 1.82) is 0 Å². The molecule has 0 bridgehead atoms. The van der Waals surface area contributed by atoms with Gasteiger partial charge < -0.3 is 19.7 Å². The number of phenolic OH excluding ortho intramolecular Hbond substituents is 1. The number of ether oxygens (including phenoxy) is 1. The number of benzene rings is 1. The fraction of sp³-hybridized carbons (Fsp3) is 0.348. The van der Waals surface area contributed by atoms with Crippen LogP contribution in [-0.4, -0.2) is 50.8 Å². The molecule has 0 radical (unpaired) electrons. The monoisotopic (exact) mass is 406 g/mol. The molecule has 0 spiro atoms. The van der Waals surface area contributed by atoms with E-state index < -0.39 is 0 Å². The van der Waals surface area contributed by atoms with Crippen molar-refractivity contribution in [2.45, 2.75) is 31.8 Å². The second kappa shape index (κ2) is 9.09. The standard InChI is InChI=1S/C16H15N3O2.C7H11NO/c20-14-5-2-1-4-10(14)13-8-11-12(15-6-3-7-21-15)9-17-16(11)19-18-13;1-2-7(9)8-5-3-4-6-8/h1-2,4-5,8-9,15,20H,3,6-7H2,(H,17,19);2H,1,3-6H2. The van der Waals surface area contributed by atoms with E-state index in [1.807, 2.05) is 29.3 Å². The predicted molar refractivity (Wildman–Crippen MR) is 115 cm³/mol. The zero-order valence-electron chi connectivity index (χ0n) is 16.9. The molecule has 0 aliphatic carbocycles. The molecule has 4 heterocycles. The number of carbonyl (C=O) groups excluding carboxylic acids is 1. The normalized spacial score (nSPS) is 18.3. The molecule has 1 aromatic carbocycles. The van der Waals surface area contributed by atoms with Crippen molar-refractivity contribution in [1.82, 2.24) is 20.1 Å². The molecule has 2 fully saturated rings. The second-order valence-electron chi connectivity index (χ2n) is 7.49. The van der Waals surface area contributed by atoms with Crippen LogP contribution in [0, 0.1) is 0 Å². The van der Waals surface area contributed by atoms with Crippen molar-refractivity contribution >= 4 is 16.9 Å². The summed E-state index contributed by atoms with van der Waals surface area (Å²) in [6.45, 7) is 6.06. The van der Waals surface area contributed by atoms with E-state index in [-0.39, 0.29) is 17.8 Å². The van der Waals surface area contributed by atoms with Gasteiger partial charge in [0.05, 0.1) is 11.8 Å². The highest BCUT2D eigenvalue weighted by atomic mass is 16.5. The third-order valence-corrected chi connectivity index (χ3v) is 5.52. The number of carbonyl (C=O) groups is 1. The zero-order chi connectivity index (χ0) is 20.9. The Morgan fingerprint density at radius 3 is 2.73 bits per heavy atom. The van der Waals surface area contributed by atoms with Gasteiger partial charge in [-0.05, 0) is 50.0 Å². The molecule has 1 atom stereocenters. The molecule has 5 rings (SSSR count). The number of H-pyrrole nitrogens is 1. The Morgan fingerprint density at radius 2 is 2.03 bits per heavy atom. The lowest BCUT2D eigenvalue weighted by atomic mass is 10.0. The number of rotatable bonds is 3. The van der Waals surface area contributed by atoms with E-state index in [0.717, 1.165) is 62.0 Å². The highest BCUT2D eigenvalue weighted by Gasteiger charge is 2.22. The first kappa shape index (κ1) is 20.1. The summed E-state index contributed by atoms with van der Waals surface area (Å²) in [4.78, 5) is 15.8. The predicted octanol–water partition coefficient (Wildman–Crippen LogP) is 3.98. The number of amides is 1. The summed E-state index contributed by atoms with van der Waals surface area (Å²) < 4.78 is 5.76. The second-order valence-corrected chi connectivity index (χ2v) is 7.49. The number of para-hydroxylation sites is 1. The molecular weight excluding hydrogens is 380 g/mol. The van der Waals surface area contributed by atoms with Gasteiger partial charge in [-0.2, -0.15) is 0 Å². The van der Waals surface area contributed by atoms with E-state index in [1.54, 1.807) is 12.1 Å². The highest BCUT2D eigenvalue weighted by molar-refractivity contribution is 5.87. The smallest absolute Gasteiger partial charge is 0.245 e. The van der Waals surface area contributed by atoms with Crippen LogP contribution in [0.25, 0.3) is 22.3 Å². The van der Waals surface area contributed by atoms with E-state index >= 15 is 0 Å².